The lowest BCUT2D eigenvalue weighted by Gasteiger charge is -2.17. The summed E-state index contributed by atoms with van der Waals surface area (Å²) in [4.78, 5) is 17.0. The van der Waals surface area contributed by atoms with Crippen molar-refractivity contribution in [1.29, 1.82) is 0 Å². The molecule has 0 radical (unpaired) electrons. The van der Waals surface area contributed by atoms with Crippen molar-refractivity contribution in [1.82, 2.24) is 30.3 Å². The topological polar surface area (TPSA) is 118 Å². The van der Waals surface area contributed by atoms with Crippen molar-refractivity contribution in [3.63, 3.8) is 0 Å². The van der Waals surface area contributed by atoms with Crippen molar-refractivity contribution in [2.75, 3.05) is 13.2 Å². The lowest BCUT2D eigenvalue weighted by atomic mass is 9.96. The number of benzene rings is 2. The van der Waals surface area contributed by atoms with Crippen molar-refractivity contribution in [3.05, 3.63) is 84.0 Å². The summed E-state index contributed by atoms with van der Waals surface area (Å²) in [5.74, 6) is -2.09. The van der Waals surface area contributed by atoms with Gasteiger partial charge < -0.3 is 15.2 Å². The third-order valence-corrected chi connectivity index (χ3v) is 8.03. The summed E-state index contributed by atoms with van der Waals surface area (Å²) in [7, 11) is 1.86. The van der Waals surface area contributed by atoms with Crippen LogP contribution in [0.1, 0.15) is 18.7 Å². The van der Waals surface area contributed by atoms with Gasteiger partial charge in [0.2, 0.25) is 5.91 Å². The van der Waals surface area contributed by atoms with Crippen LogP contribution in [0, 0.1) is 11.6 Å². The van der Waals surface area contributed by atoms with E-state index in [1.807, 2.05) is 36.7 Å². The third-order valence-electron chi connectivity index (χ3n) is 7.10. The zero-order valence-electron chi connectivity index (χ0n) is 23.2. The molecule has 1 amide bonds. The molecule has 43 heavy (non-hydrogen) atoms. The quantitative estimate of drug-likeness (QED) is 0.177. The number of halogens is 2. The number of nitrogens with one attached hydrogen (secondary N) is 2. The lowest BCUT2D eigenvalue weighted by molar-refractivity contribution is -0.117. The molecular formula is C31H26F2N6O3S. The molecule has 2 aromatic carbocycles. The number of carbonyl (C=O) groups excluding carboxylic acids is 1. The predicted octanol–water partition coefficient (Wildman–Crippen LogP) is 5.92. The normalized spacial score (nSPS) is 12.1. The maximum absolute atomic E-state index is 15.8. The number of carbonyl (C=O) groups is 1. The van der Waals surface area contributed by atoms with E-state index in [1.165, 1.54) is 17.4 Å². The zero-order chi connectivity index (χ0) is 30.2. The molecule has 0 spiro atoms. The number of amides is 1. The fourth-order valence-electron chi connectivity index (χ4n) is 5.05. The minimum Gasteiger partial charge on any atom is -0.490 e. The SMILES string of the molecule is C=CC(=O)N[C@@H](C)c1cc(-c2nc(-c3ccc4cnn(C)c4c3)c3ccsc3c2-c2c(F)cc(F)cc2OCCO)n[nH]1. The first-order chi connectivity index (χ1) is 20.8. The maximum atomic E-state index is 15.8. The van der Waals surface area contributed by atoms with E-state index in [-0.39, 0.29) is 30.4 Å². The Morgan fingerprint density at radius 2 is 2.05 bits per heavy atom. The molecule has 218 valence electrons. The molecule has 6 rings (SSSR count). The van der Waals surface area contributed by atoms with Gasteiger partial charge in [-0.2, -0.15) is 10.2 Å². The second kappa shape index (κ2) is 11.4. The van der Waals surface area contributed by atoms with E-state index >= 15 is 4.39 Å². The second-order valence-electron chi connectivity index (χ2n) is 9.86. The Hall–Kier alpha value is -4.94. The number of pyridine rings is 1. The van der Waals surface area contributed by atoms with Crippen molar-refractivity contribution in [2.24, 2.45) is 7.05 Å². The molecule has 4 heterocycles. The second-order valence-corrected chi connectivity index (χ2v) is 10.8. The number of H-pyrrole nitrogens is 1. The molecule has 0 saturated heterocycles. The maximum Gasteiger partial charge on any atom is 0.243 e. The highest BCUT2D eigenvalue weighted by Gasteiger charge is 2.27. The fourth-order valence-corrected chi connectivity index (χ4v) is 5.99. The highest BCUT2D eigenvalue weighted by atomic mass is 32.1. The van der Waals surface area contributed by atoms with Gasteiger partial charge in [-0.25, -0.2) is 13.8 Å². The van der Waals surface area contributed by atoms with Gasteiger partial charge in [0.15, 0.2) is 0 Å². The fraction of sp³-hybridized carbons (Fsp3) is 0.161. The standard InChI is InChI=1S/C31H26F2N6O3S/c1-4-26(41)35-16(2)22-14-23(38-37-22)30-28(27-21(33)12-19(32)13-25(27)42-9-8-40)31-20(7-10-43-31)29(36-30)17-5-6-18-15-34-39(3)24(18)11-17/h4-7,10-16,40H,1,8-9H2,2-3H3,(H,35,41)(H,37,38)/t16-/m0/s1. The van der Waals surface area contributed by atoms with Crippen LogP contribution < -0.4 is 10.1 Å². The molecule has 0 aliphatic rings. The number of aromatic nitrogens is 5. The van der Waals surface area contributed by atoms with Crippen molar-refractivity contribution >= 4 is 38.2 Å². The Balaban J connectivity index is 1.64. The van der Waals surface area contributed by atoms with Crippen LogP contribution >= 0.6 is 11.3 Å². The number of ether oxygens (including phenoxy) is 1. The number of fused-ring (bicyclic) bond motifs is 2. The van der Waals surface area contributed by atoms with Crippen LogP contribution in [-0.4, -0.2) is 49.2 Å². The highest BCUT2D eigenvalue weighted by molar-refractivity contribution is 7.18. The van der Waals surface area contributed by atoms with Gasteiger partial charge in [-0.15, -0.1) is 11.3 Å². The summed E-state index contributed by atoms with van der Waals surface area (Å²) < 4.78 is 38.3. The molecule has 0 unspecified atom stereocenters. The van der Waals surface area contributed by atoms with Crippen LogP contribution in [-0.2, 0) is 11.8 Å². The zero-order valence-corrected chi connectivity index (χ0v) is 24.0. The molecule has 4 aromatic heterocycles. The van der Waals surface area contributed by atoms with E-state index < -0.39 is 17.7 Å². The molecule has 0 bridgehead atoms. The minimum absolute atomic E-state index is 0.00371. The predicted molar refractivity (Wildman–Crippen MR) is 162 cm³/mol. The third kappa shape index (κ3) is 5.15. The van der Waals surface area contributed by atoms with E-state index in [4.69, 9.17) is 9.72 Å². The van der Waals surface area contributed by atoms with E-state index in [0.29, 0.717) is 33.0 Å². The number of rotatable bonds is 9. The Bertz CT molecular complexity index is 2010. The number of thiophene rings is 1. The first kappa shape index (κ1) is 28.2. The summed E-state index contributed by atoms with van der Waals surface area (Å²) in [6, 6.07) is 11.0. The molecule has 0 saturated carbocycles. The molecule has 6 aromatic rings. The smallest absolute Gasteiger partial charge is 0.243 e. The minimum atomic E-state index is -0.850. The van der Waals surface area contributed by atoms with Gasteiger partial charge in [-0.3, -0.25) is 14.6 Å². The molecule has 1 atom stereocenters. The Kier molecular flexibility index (Phi) is 7.46. The van der Waals surface area contributed by atoms with E-state index in [2.05, 4.69) is 27.2 Å². The number of aliphatic hydroxyl groups excluding tert-OH is 1. The molecule has 9 nitrogen and oxygen atoms in total. The van der Waals surface area contributed by atoms with Crippen LogP contribution in [0.2, 0.25) is 0 Å². The van der Waals surface area contributed by atoms with Crippen LogP contribution in [0.15, 0.2) is 66.7 Å². The van der Waals surface area contributed by atoms with Crippen LogP contribution in [0.25, 0.3) is 54.8 Å². The molecule has 12 heteroatoms. The molecule has 0 fully saturated rings. The average molecular weight is 601 g/mol. The van der Waals surface area contributed by atoms with Crippen LogP contribution in [0.4, 0.5) is 8.78 Å². The van der Waals surface area contributed by atoms with Crippen molar-refractivity contribution < 1.29 is 23.4 Å². The van der Waals surface area contributed by atoms with Gasteiger partial charge >= 0.3 is 0 Å². The van der Waals surface area contributed by atoms with Crippen LogP contribution in [0.5, 0.6) is 5.75 Å². The molecule has 3 N–H and O–H groups in total. The van der Waals surface area contributed by atoms with Gasteiger partial charge in [0.05, 0.1) is 41.3 Å². The number of aromatic amines is 1. The Labute approximate surface area is 248 Å². The summed E-state index contributed by atoms with van der Waals surface area (Å²) in [5.41, 5.74) is 3.99. The van der Waals surface area contributed by atoms with Gasteiger partial charge in [0, 0.05) is 45.8 Å². The Morgan fingerprint density at radius 1 is 1.21 bits per heavy atom. The number of hydrogen-bond acceptors (Lipinski definition) is 7. The summed E-state index contributed by atoms with van der Waals surface area (Å²) in [6.07, 6.45) is 2.96. The summed E-state index contributed by atoms with van der Waals surface area (Å²) in [5, 5.41) is 27.6. The largest absolute Gasteiger partial charge is 0.490 e. The monoisotopic (exact) mass is 600 g/mol. The Morgan fingerprint density at radius 3 is 2.84 bits per heavy atom. The first-order valence-electron chi connectivity index (χ1n) is 13.3. The van der Waals surface area contributed by atoms with Gasteiger partial charge in [0.25, 0.3) is 0 Å². The van der Waals surface area contributed by atoms with Gasteiger partial charge in [-0.05, 0) is 36.6 Å². The van der Waals surface area contributed by atoms with E-state index in [9.17, 15) is 14.3 Å². The number of aryl methyl sites for hydroxylation is 1. The number of nitrogens with zero attached hydrogens (tertiary/aromatic N) is 4. The lowest BCUT2D eigenvalue weighted by Crippen LogP contribution is -2.24. The summed E-state index contributed by atoms with van der Waals surface area (Å²) in [6.45, 7) is 4.76. The highest BCUT2D eigenvalue weighted by Crippen LogP contribution is 2.47. The van der Waals surface area contributed by atoms with Crippen molar-refractivity contribution in [3.8, 4) is 39.5 Å². The van der Waals surface area contributed by atoms with Gasteiger partial charge in [0.1, 0.15) is 35.4 Å². The van der Waals surface area contributed by atoms with Crippen molar-refractivity contribution in [2.45, 2.75) is 13.0 Å². The first-order valence-corrected chi connectivity index (χ1v) is 14.2. The van der Waals surface area contributed by atoms with E-state index in [0.717, 1.165) is 34.0 Å². The number of hydrogen-bond donors (Lipinski definition) is 3. The molecular weight excluding hydrogens is 574 g/mol. The van der Waals surface area contributed by atoms with E-state index in [1.54, 1.807) is 23.9 Å². The molecule has 0 aliphatic heterocycles. The summed E-state index contributed by atoms with van der Waals surface area (Å²) >= 11 is 1.38. The average Bonchev–Trinajstić information content (AvgIpc) is 3.76. The van der Waals surface area contributed by atoms with Crippen LogP contribution in [0.3, 0.4) is 0 Å². The molecule has 0 aliphatic carbocycles. The van der Waals surface area contributed by atoms with Gasteiger partial charge in [-0.1, -0.05) is 18.7 Å². The number of aliphatic hydroxyl groups is 1.